The highest BCUT2D eigenvalue weighted by Gasteiger charge is 2.31. The minimum atomic E-state index is -4.72. The van der Waals surface area contributed by atoms with Crippen LogP contribution in [0.4, 0.5) is 13.2 Å². The number of aliphatic hydroxyl groups excluding tert-OH is 1. The normalized spacial score (nSPS) is 18.0. The van der Waals surface area contributed by atoms with Crippen molar-refractivity contribution in [1.29, 1.82) is 0 Å². The molecule has 2 N–H and O–H groups in total. The maximum Gasteiger partial charge on any atom is 0.573 e. The Labute approximate surface area is 148 Å². The van der Waals surface area contributed by atoms with E-state index in [1.54, 1.807) is 0 Å². The smallest absolute Gasteiger partial charge is 0.406 e. The van der Waals surface area contributed by atoms with Gasteiger partial charge in [-0.15, -0.1) is 13.2 Å². The Bertz CT molecular complexity index is 749. The van der Waals surface area contributed by atoms with E-state index >= 15 is 0 Å². The molecule has 26 heavy (non-hydrogen) atoms. The van der Waals surface area contributed by atoms with Gasteiger partial charge in [0.15, 0.2) is 6.10 Å². The number of halogens is 3. The van der Waals surface area contributed by atoms with Crippen molar-refractivity contribution in [3.05, 3.63) is 65.7 Å². The van der Waals surface area contributed by atoms with Gasteiger partial charge in [-0.2, -0.15) is 0 Å². The van der Waals surface area contributed by atoms with Gasteiger partial charge < -0.3 is 20.0 Å². The number of amidine groups is 1. The van der Waals surface area contributed by atoms with Gasteiger partial charge in [0.2, 0.25) is 0 Å². The topological polar surface area (TPSA) is 63.1 Å². The first-order valence-electron chi connectivity index (χ1n) is 7.96. The first kappa shape index (κ1) is 18.1. The largest absolute Gasteiger partial charge is 0.573 e. The molecule has 2 atom stereocenters. The summed E-state index contributed by atoms with van der Waals surface area (Å²) in [5.41, 5.74) is 1.47. The average molecular weight is 366 g/mol. The van der Waals surface area contributed by atoms with E-state index in [0.717, 1.165) is 5.56 Å². The summed E-state index contributed by atoms with van der Waals surface area (Å²) in [5.74, 6) is 0.282. The van der Waals surface area contributed by atoms with Gasteiger partial charge >= 0.3 is 6.36 Å². The van der Waals surface area contributed by atoms with Crippen LogP contribution in [0.3, 0.4) is 0 Å². The van der Waals surface area contributed by atoms with E-state index in [1.165, 1.54) is 24.3 Å². The number of hydrogen-bond acceptors (Lipinski definition) is 5. The Hall–Kier alpha value is -2.74. The summed E-state index contributed by atoms with van der Waals surface area (Å²) >= 11 is 0. The predicted molar refractivity (Wildman–Crippen MR) is 88.4 cm³/mol. The highest BCUT2D eigenvalue weighted by Crippen LogP contribution is 2.29. The van der Waals surface area contributed by atoms with E-state index in [1.807, 2.05) is 30.3 Å². The SMILES string of the molecule is O[C@@H](CNC1=NO[C@@H](c2ccc(OC(F)(F)F)cc2)C1)c1ccccc1. The van der Waals surface area contributed by atoms with Crippen LogP contribution < -0.4 is 10.1 Å². The van der Waals surface area contributed by atoms with E-state index in [9.17, 15) is 18.3 Å². The number of rotatable bonds is 5. The number of benzene rings is 2. The lowest BCUT2D eigenvalue weighted by molar-refractivity contribution is -0.274. The molecule has 1 heterocycles. The second-order valence-corrected chi connectivity index (χ2v) is 5.76. The van der Waals surface area contributed by atoms with Crippen molar-refractivity contribution >= 4 is 5.84 Å². The molecule has 1 aliphatic heterocycles. The highest BCUT2D eigenvalue weighted by atomic mass is 19.4. The van der Waals surface area contributed by atoms with Crippen molar-refractivity contribution in [2.24, 2.45) is 5.16 Å². The van der Waals surface area contributed by atoms with Gasteiger partial charge in [0, 0.05) is 6.54 Å². The molecule has 8 heteroatoms. The summed E-state index contributed by atoms with van der Waals surface area (Å²) in [4.78, 5) is 5.31. The van der Waals surface area contributed by atoms with Gasteiger partial charge in [0.05, 0.1) is 12.5 Å². The Morgan fingerprint density at radius 2 is 1.85 bits per heavy atom. The van der Waals surface area contributed by atoms with Crippen LogP contribution in [-0.4, -0.2) is 23.8 Å². The molecule has 2 aromatic rings. The molecule has 1 aliphatic rings. The monoisotopic (exact) mass is 366 g/mol. The van der Waals surface area contributed by atoms with E-state index in [4.69, 9.17) is 4.84 Å². The molecule has 5 nitrogen and oxygen atoms in total. The van der Waals surface area contributed by atoms with Gasteiger partial charge in [0.1, 0.15) is 11.6 Å². The third-order valence-electron chi connectivity index (χ3n) is 3.84. The van der Waals surface area contributed by atoms with Crippen molar-refractivity contribution in [2.45, 2.75) is 25.0 Å². The quantitative estimate of drug-likeness (QED) is 0.847. The van der Waals surface area contributed by atoms with E-state index in [-0.39, 0.29) is 12.3 Å². The Balaban J connectivity index is 1.50. The van der Waals surface area contributed by atoms with Crippen molar-refractivity contribution in [1.82, 2.24) is 5.32 Å². The second-order valence-electron chi connectivity index (χ2n) is 5.76. The van der Waals surface area contributed by atoms with Crippen LogP contribution in [0, 0.1) is 0 Å². The molecule has 0 unspecified atom stereocenters. The molecule has 0 saturated carbocycles. The van der Waals surface area contributed by atoms with Gasteiger partial charge in [-0.25, -0.2) is 0 Å². The highest BCUT2D eigenvalue weighted by molar-refractivity contribution is 5.83. The van der Waals surface area contributed by atoms with Crippen LogP contribution in [0.1, 0.15) is 29.8 Å². The molecule has 0 amide bonds. The summed E-state index contributed by atoms with van der Waals surface area (Å²) < 4.78 is 40.4. The fourth-order valence-corrected chi connectivity index (χ4v) is 2.55. The third-order valence-corrected chi connectivity index (χ3v) is 3.84. The van der Waals surface area contributed by atoms with Crippen molar-refractivity contribution in [3.63, 3.8) is 0 Å². The summed E-state index contributed by atoms with van der Waals surface area (Å²) in [5, 5.41) is 17.1. The summed E-state index contributed by atoms with van der Waals surface area (Å²) in [6.45, 7) is 0.275. The van der Waals surface area contributed by atoms with Crippen LogP contribution in [0.25, 0.3) is 0 Å². The van der Waals surface area contributed by atoms with Crippen LogP contribution in [0.5, 0.6) is 5.75 Å². The molecular formula is C18H17F3N2O3. The maximum atomic E-state index is 12.2. The average Bonchev–Trinajstić information content (AvgIpc) is 3.09. The zero-order chi connectivity index (χ0) is 18.6. The maximum absolute atomic E-state index is 12.2. The van der Waals surface area contributed by atoms with Gasteiger partial charge in [-0.3, -0.25) is 0 Å². The number of alkyl halides is 3. The van der Waals surface area contributed by atoms with Crippen LogP contribution in [0.15, 0.2) is 59.8 Å². The molecular weight excluding hydrogens is 349 g/mol. The number of ether oxygens (including phenoxy) is 1. The lowest BCUT2D eigenvalue weighted by atomic mass is 10.1. The Morgan fingerprint density at radius 3 is 2.50 bits per heavy atom. The van der Waals surface area contributed by atoms with Crippen molar-refractivity contribution < 1.29 is 27.9 Å². The molecule has 0 aliphatic carbocycles. The standard InChI is InChI=1S/C18H17F3N2O3/c19-18(20,21)25-14-8-6-13(7-9-14)16-10-17(23-26-16)22-11-15(24)12-4-2-1-3-5-12/h1-9,15-16,24H,10-11H2,(H,22,23)/t15-,16+/m0/s1. The van der Waals surface area contributed by atoms with E-state index < -0.39 is 18.6 Å². The summed E-state index contributed by atoms with van der Waals surface area (Å²) in [6, 6.07) is 14.7. The number of oxime groups is 1. The Kier molecular flexibility index (Phi) is 5.32. The molecule has 2 aromatic carbocycles. The van der Waals surface area contributed by atoms with E-state index in [2.05, 4.69) is 15.2 Å². The number of nitrogens with one attached hydrogen (secondary N) is 1. The zero-order valence-electron chi connectivity index (χ0n) is 13.6. The fraction of sp³-hybridized carbons (Fsp3) is 0.278. The van der Waals surface area contributed by atoms with E-state index in [0.29, 0.717) is 17.8 Å². The molecule has 0 spiro atoms. The molecule has 0 aromatic heterocycles. The predicted octanol–water partition coefficient (Wildman–Crippen LogP) is 3.68. The molecule has 3 rings (SSSR count). The molecule has 0 saturated heterocycles. The molecule has 0 fully saturated rings. The lowest BCUT2D eigenvalue weighted by Crippen LogP contribution is -2.27. The van der Waals surface area contributed by atoms with Crippen LogP contribution in [0.2, 0.25) is 0 Å². The van der Waals surface area contributed by atoms with Crippen LogP contribution in [-0.2, 0) is 4.84 Å². The van der Waals surface area contributed by atoms with Gasteiger partial charge in [-0.05, 0) is 23.3 Å². The third kappa shape index (κ3) is 4.89. The molecule has 0 radical (unpaired) electrons. The first-order chi connectivity index (χ1) is 12.4. The number of hydrogen-bond donors (Lipinski definition) is 2. The fourth-order valence-electron chi connectivity index (χ4n) is 2.55. The summed E-state index contributed by atoms with van der Waals surface area (Å²) in [6.07, 6.45) is -5.37. The first-order valence-corrected chi connectivity index (χ1v) is 7.96. The number of nitrogens with zero attached hydrogens (tertiary/aromatic N) is 1. The van der Waals surface area contributed by atoms with Gasteiger partial charge in [-0.1, -0.05) is 47.6 Å². The lowest BCUT2D eigenvalue weighted by Gasteiger charge is -2.13. The van der Waals surface area contributed by atoms with Gasteiger partial charge in [0.25, 0.3) is 0 Å². The van der Waals surface area contributed by atoms with Crippen molar-refractivity contribution in [2.75, 3.05) is 6.54 Å². The summed E-state index contributed by atoms with van der Waals surface area (Å²) in [7, 11) is 0. The minimum Gasteiger partial charge on any atom is -0.406 e. The van der Waals surface area contributed by atoms with Crippen molar-refractivity contribution in [3.8, 4) is 5.75 Å². The molecule has 0 bridgehead atoms. The Morgan fingerprint density at radius 1 is 1.15 bits per heavy atom. The van der Waals surface area contributed by atoms with Crippen LogP contribution >= 0.6 is 0 Å². The second kappa shape index (κ2) is 7.65. The minimum absolute atomic E-state index is 0.275. The zero-order valence-corrected chi connectivity index (χ0v) is 13.6. The number of aliphatic hydroxyl groups is 1. The molecule has 138 valence electrons.